The molecule has 8 heteroatoms. The van der Waals surface area contributed by atoms with Crippen LogP contribution in [-0.2, 0) is 11.2 Å². The van der Waals surface area contributed by atoms with Gasteiger partial charge in [-0.15, -0.1) is 10.2 Å². The molecule has 0 saturated heterocycles. The predicted octanol–water partition coefficient (Wildman–Crippen LogP) is 0.951. The number of carboxylic acid groups (broad SMARTS) is 1. The van der Waals surface area contributed by atoms with Gasteiger partial charge in [0.25, 0.3) is 0 Å². The second-order valence-electron chi connectivity index (χ2n) is 8.17. The molecule has 0 fully saturated rings. The number of hydrogen-bond acceptors (Lipinski definition) is 6. The average molecular weight is 384 g/mol. The van der Waals surface area contributed by atoms with E-state index in [1.165, 1.54) is 5.57 Å². The van der Waals surface area contributed by atoms with Gasteiger partial charge in [-0.2, -0.15) is 5.21 Å². The second kappa shape index (κ2) is 8.60. The molecule has 150 valence electrons. The molecule has 0 unspecified atom stereocenters. The molecule has 1 aliphatic rings. The maximum absolute atomic E-state index is 11.7. The van der Waals surface area contributed by atoms with Gasteiger partial charge in [0, 0.05) is 30.4 Å². The summed E-state index contributed by atoms with van der Waals surface area (Å²) in [5.74, 6) is -1.73. The van der Waals surface area contributed by atoms with Crippen molar-refractivity contribution >= 4 is 11.5 Å². The Morgan fingerprint density at radius 1 is 1.36 bits per heavy atom. The second-order valence-corrected chi connectivity index (χ2v) is 8.17. The number of rotatable bonds is 8. The molecule has 3 rings (SSSR count). The maximum atomic E-state index is 11.7. The summed E-state index contributed by atoms with van der Waals surface area (Å²) in [5, 5.41) is 25.8. The standard InChI is InChI=1S/C20H28N6O2/c1-4-5-16(20(27)28)17(19-22-24-25-23-19)12-14-6-7-18(21-13-14)15-8-10-26(2,3)11-9-15/h6-8,13,16-17H,4-5,9-12H2,1-3H3,(H-,22,23,24,25,27,28)/t16-,17-/m0/s1. The molecule has 0 radical (unpaired) electrons. The number of aromatic nitrogens is 5. The van der Waals surface area contributed by atoms with Gasteiger partial charge < -0.3 is 14.4 Å². The lowest BCUT2D eigenvalue weighted by molar-refractivity contribution is -0.885. The molecule has 28 heavy (non-hydrogen) atoms. The zero-order valence-electron chi connectivity index (χ0n) is 16.8. The van der Waals surface area contributed by atoms with Gasteiger partial charge in [-0.1, -0.05) is 24.6 Å². The number of hydrogen-bond donors (Lipinski definition) is 1. The Labute approximate surface area is 165 Å². The monoisotopic (exact) mass is 384 g/mol. The molecule has 2 aromatic heterocycles. The highest BCUT2D eigenvalue weighted by atomic mass is 16.4. The summed E-state index contributed by atoms with van der Waals surface area (Å²) in [5.41, 5.74) is 3.22. The number of aliphatic carboxylic acids is 1. The van der Waals surface area contributed by atoms with Crippen LogP contribution in [0.1, 0.15) is 49.2 Å². The molecule has 1 N–H and O–H groups in total. The molecule has 0 aromatic carbocycles. The molecule has 3 heterocycles. The number of H-pyrrole nitrogens is 1. The van der Waals surface area contributed by atoms with Crippen LogP contribution >= 0.6 is 0 Å². The van der Waals surface area contributed by atoms with Gasteiger partial charge in [0.15, 0.2) is 5.82 Å². The minimum absolute atomic E-state index is 0.400. The Morgan fingerprint density at radius 2 is 2.18 bits per heavy atom. The van der Waals surface area contributed by atoms with Crippen molar-refractivity contribution in [3.05, 3.63) is 41.5 Å². The van der Waals surface area contributed by atoms with Gasteiger partial charge in [0.1, 0.15) is 0 Å². The third kappa shape index (κ3) is 4.81. The number of nitrogens with one attached hydrogen (secondary N) is 1. The minimum atomic E-state index is -1.07. The molecule has 0 spiro atoms. The van der Waals surface area contributed by atoms with Crippen molar-refractivity contribution in [3.63, 3.8) is 0 Å². The highest BCUT2D eigenvalue weighted by Crippen LogP contribution is 2.30. The number of nitrogens with zero attached hydrogens (tertiary/aromatic N) is 5. The number of pyridine rings is 1. The van der Waals surface area contributed by atoms with Crippen molar-refractivity contribution in [2.24, 2.45) is 5.92 Å². The van der Waals surface area contributed by atoms with Crippen LogP contribution in [0.3, 0.4) is 0 Å². The van der Waals surface area contributed by atoms with E-state index >= 15 is 0 Å². The van der Waals surface area contributed by atoms with Crippen molar-refractivity contribution in [3.8, 4) is 0 Å². The maximum Gasteiger partial charge on any atom is 0.178 e. The lowest BCUT2D eigenvalue weighted by Crippen LogP contribution is -2.42. The number of carbonyl (C=O) groups excluding carboxylic acids is 1. The molecular weight excluding hydrogens is 356 g/mol. The van der Waals surface area contributed by atoms with Gasteiger partial charge in [-0.25, -0.2) is 0 Å². The summed E-state index contributed by atoms with van der Waals surface area (Å²) >= 11 is 0. The third-order valence-electron chi connectivity index (χ3n) is 5.51. The zero-order valence-corrected chi connectivity index (χ0v) is 16.8. The van der Waals surface area contributed by atoms with Crippen LogP contribution in [-0.4, -0.2) is 63.2 Å². The summed E-state index contributed by atoms with van der Waals surface area (Å²) in [4.78, 5) is 16.3. The van der Waals surface area contributed by atoms with E-state index in [4.69, 9.17) is 0 Å². The van der Waals surface area contributed by atoms with E-state index in [9.17, 15) is 9.90 Å². The largest absolute Gasteiger partial charge is 0.550 e. The predicted molar refractivity (Wildman–Crippen MR) is 103 cm³/mol. The molecule has 2 atom stereocenters. The normalized spacial score (nSPS) is 18.3. The summed E-state index contributed by atoms with van der Waals surface area (Å²) in [6.45, 7) is 4.06. The van der Waals surface area contributed by atoms with Gasteiger partial charge in [0.2, 0.25) is 0 Å². The Bertz CT molecular complexity index is 814. The van der Waals surface area contributed by atoms with Crippen molar-refractivity contribution < 1.29 is 14.4 Å². The van der Waals surface area contributed by atoms with E-state index in [2.05, 4.69) is 45.8 Å². The van der Waals surface area contributed by atoms with Crippen LogP contribution in [0.5, 0.6) is 0 Å². The van der Waals surface area contributed by atoms with Crippen molar-refractivity contribution in [1.29, 1.82) is 0 Å². The highest BCUT2D eigenvalue weighted by molar-refractivity contribution is 5.69. The zero-order chi connectivity index (χ0) is 20.1. The van der Waals surface area contributed by atoms with E-state index in [1.807, 2.05) is 25.3 Å². The molecule has 8 nitrogen and oxygen atoms in total. The number of aromatic amines is 1. The number of tetrazole rings is 1. The first-order valence-corrected chi connectivity index (χ1v) is 9.80. The van der Waals surface area contributed by atoms with Crippen LogP contribution in [0.4, 0.5) is 0 Å². The van der Waals surface area contributed by atoms with Crippen molar-refractivity contribution in [2.75, 3.05) is 27.2 Å². The average Bonchev–Trinajstić information content (AvgIpc) is 3.19. The van der Waals surface area contributed by atoms with Crippen molar-refractivity contribution in [1.82, 2.24) is 25.6 Å². The van der Waals surface area contributed by atoms with Crippen LogP contribution in [0.25, 0.3) is 5.57 Å². The Balaban J connectivity index is 1.78. The van der Waals surface area contributed by atoms with Gasteiger partial charge in [0.05, 0.1) is 32.9 Å². The van der Waals surface area contributed by atoms with E-state index in [0.717, 1.165) is 41.7 Å². The summed E-state index contributed by atoms with van der Waals surface area (Å²) in [6.07, 6.45) is 6.83. The lowest BCUT2D eigenvalue weighted by Gasteiger charge is -2.32. The molecular formula is C20H28N6O2. The minimum Gasteiger partial charge on any atom is -0.550 e. The van der Waals surface area contributed by atoms with Gasteiger partial charge in [-0.05, 0) is 36.1 Å². The van der Waals surface area contributed by atoms with Crippen molar-refractivity contribution in [2.45, 2.75) is 38.5 Å². The number of carbonyl (C=O) groups is 1. The van der Waals surface area contributed by atoms with Gasteiger partial charge >= 0.3 is 0 Å². The Kier molecular flexibility index (Phi) is 6.18. The van der Waals surface area contributed by atoms with Gasteiger partial charge in [-0.3, -0.25) is 4.98 Å². The fourth-order valence-electron chi connectivity index (χ4n) is 3.73. The fourth-order valence-corrected chi connectivity index (χ4v) is 3.73. The molecule has 0 bridgehead atoms. The van der Waals surface area contributed by atoms with Crippen LogP contribution in [0.15, 0.2) is 24.4 Å². The lowest BCUT2D eigenvalue weighted by atomic mass is 9.83. The summed E-state index contributed by atoms with van der Waals surface area (Å²) in [6, 6.07) is 4.04. The number of likely N-dealkylation sites (N-methyl/N-ethyl adjacent to an activating group) is 1. The van der Waals surface area contributed by atoms with Crippen LogP contribution < -0.4 is 5.11 Å². The Morgan fingerprint density at radius 3 is 2.71 bits per heavy atom. The molecule has 0 aliphatic carbocycles. The Hall–Kier alpha value is -2.61. The first-order chi connectivity index (χ1) is 13.4. The first-order valence-electron chi connectivity index (χ1n) is 9.80. The molecule has 0 saturated carbocycles. The SMILES string of the molecule is CCC[C@H](C(=O)[O-])[C@H](Cc1ccc(C2=CC[N+](C)(C)CC2)nc1)c1nn[nH]n1. The first kappa shape index (κ1) is 20.1. The molecule has 0 amide bonds. The number of quaternary nitrogens is 1. The fraction of sp³-hybridized carbons (Fsp3) is 0.550. The molecule has 1 aliphatic heterocycles. The summed E-state index contributed by atoms with van der Waals surface area (Å²) in [7, 11) is 4.46. The smallest absolute Gasteiger partial charge is 0.178 e. The quantitative estimate of drug-likeness (QED) is 0.679. The summed E-state index contributed by atoms with van der Waals surface area (Å²) < 4.78 is 0.996. The van der Waals surface area contributed by atoms with E-state index in [0.29, 0.717) is 18.7 Å². The van der Waals surface area contributed by atoms with E-state index < -0.39 is 17.8 Å². The topological polar surface area (TPSA) is 107 Å². The van der Waals surface area contributed by atoms with E-state index in [-0.39, 0.29) is 0 Å². The highest BCUT2D eigenvalue weighted by Gasteiger charge is 2.28. The third-order valence-corrected chi connectivity index (χ3v) is 5.51. The van der Waals surface area contributed by atoms with E-state index in [1.54, 1.807) is 0 Å². The number of carboxylic acids is 1. The molecule has 2 aromatic rings. The van der Waals surface area contributed by atoms with Crippen LogP contribution in [0.2, 0.25) is 0 Å². The van der Waals surface area contributed by atoms with Crippen LogP contribution in [0, 0.1) is 5.92 Å².